The molecule has 28 heavy (non-hydrogen) atoms. The first-order valence-corrected chi connectivity index (χ1v) is 10.1. The zero-order valence-electron chi connectivity index (χ0n) is 16.2. The molecule has 0 saturated carbocycles. The van der Waals surface area contributed by atoms with Gasteiger partial charge in [0, 0.05) is 24.7 Å². The van der Waals surface area contributed by atoms with Gasteiger partial charge in [-0.05, 0) is 28.2 Å². The lowest BCUT2D eigenvalue weighted by Crippen LogP contribution is -2.11. The summed E-state index contributed by atoms with van der Waals surface area (Å²) in [5.74, 6) is 1.71. The van der Waals surface area contributed by atoms with Gasteiger partial charge in [-0.25, -0.2) is 9.67 Å². The standard InChI is InChI=1S/C18H21N9S/c1-11(2)14-10-20-27-15(14)21-18(28-4)22-17(27)19-9-12-7-5-6-8-13(12)16-23-24-25-26(16)3/h5-8,10-11H,9H2,1-4H3,(H,19,21,22). The molecule has 0 bridgehead atoms. The first-order valence-electron chi connectivity index (χ1n) is 8.92. The van der Waals surface area contributed by atoms with E-state index < -0.39 is 0 Å². The molecule has 4 aromatic rings. The van der Waals surface area contributed by atoms with Crippen LogP contribution in [0.15, 0.2) is 35.6 Å². The van der Waals surface area contributed by atoms with Gasteiger partial charge in [0.15, 0.2) is 16.6 Å². The van der Waals surface area contributed by atoms with Gasteiger partial charge in [-0.3, -0.25) is 0 Å². The first-order chi connectivity index (χ1) is 13.6. The Morgan fingerprint density at radius 2 is 2.00 bits per heavy atom. The van der Waals surface area contributed by atoms with Crippen molar-refractivity contribution < 1.29 is 0 Å². The van der Waals surface area contributed by atoms with Crippen molar-refractivity contribution in [1.29, 1.82) is 0 Å². The summed E-state index contributed by atoms with van der Waals surface area (Å²) in [4.78, 5) is 9.26. The average Bonchev–Trinajstić information content (AvgIpc) is 3.32. The Hall–Kier alpha value is -3.01. The number of fused-ring (bicyclic) bond motifs is 1. The molecule has 0 aliphatic heterocycles. The highest BCUT2D eigenvalue weighted by Gasteiger charge is 2.16. The van der Waals surface area contributed by atoms with E-state index in [-0.39, 0.29) is 0 Å². The van der Waals surface area contributed by atoms with E-state index in [2.05, 4.69) is 49.8 Å². The monoisotopic (exact) mass is 395 g/mol. The van der Waals surface area contributed by atoms with Gasteiger partial charge < -0.3 is 5.32 Å². The van der Waals surface area contributed by atoms with Gasteiger partial charge in [-0.2, -0.15) is 14.6 Å². The molecule has 0 atom stereocenters. The van der Waals surface area contributed by atoms with Crippen molar-refractivity contribution in [2.75, 3.05) is 11.6 Å². The Balaban J connectivity index is 1.70. The van der Waals surface area contributed by atoms with E-state index in [9.17, 15) is 0 Å². The molecule has 10 heteroatoms. The molecule has 0 fully saturated rings. The number of aryl methyl sites for hydroxylation is 1. The number of aromatic nitrogens is 8. The molecule has 3 heterocycles. The molecule has 9 nitrogen and oxygen atoms in total. The predicted molar refractivity (Wildman–Crippen MR) is 108 cm³/mol. The molecule has 0 amide bonds. The Morgan fingerprint density at radius 1 is 1.18 bits per heavy atom. The largest absolute Gasteiger partial charge is 0.350 e. The van der Waals surface area contributed by atoms with Crippen LogP contribution in [-0.4, -0.2) is 46.0 Å². The molecular formula is C18H21N9S. The number of nitrogens with zero attached hydrogens (tertiary/aromatic N) is 8. The van der Waals surface area contributed by atoms with Crippen LogP contribution in [0, 0.1) is 0 Å². The summed E-state index contributed by atoms with van der Waals surface area (Å²) in [6.07, 6.45) is 3.83. The van der Waals surface area contributed by atoms with Crippen molar-refractivity contribution in [1.82, 2.24) is 39.8 Å². The van der Waals surface area contributed by atoms with E-state index in [0.717, 1.165) is 28.2 Å². The summed E-state index contributed by atoms with van der Waals surface area (Å²) < 4.78 is 3.43. The van der Waals surface area contributed by atoms with Crippen LogP contribution < -0.4 is 5.32 Å². The number of thioether (sulfide) groups is 1. The molecule has 0 aliphatic carbocycles. The van der Waals surface area contributed by atoms with Crippen molar-refractivity contribution in [2.45, 2.75) is 31.5 Å². The highest BCUT2D eigenvalue weighted by atomic mass is 32.2. The van der Waals surface area contributed by atoms with Gasteiger partial charge in [0.05, 0.1) is 6.20 Å². The summed E-state index contributed by atoms with van der Waals surface area (Å²) in [5.41, 5.74) is 3.98. The van der Waals surface area contributed by atoms with Gasteiger partial charge in [-0.1, -0.05) is 49.9 Å². The molecule has 0 saturated heterocycles. The van der Waals surface area contributed by atoms with Crippen LogP contribution in [0.5, 0.6) is 0 Å². The number of hydrogen-bond acceptors (Lipinski definition) is 8. The van der Waals surface area contributed by atoms with Crippen molar-refractivity contribution in [3.05, 3.63) is 41.6 Å². The summed E-state index contributed by atoms with van der Waals surface area (Å²) in [6, 6.07) is 8.03. The van der Waals surface area contributed by atoms with E-state index in [1.54, 1.807) is 9.20 Å². The molecule has 0 radical (unpaired) electrons. The van der Waals surface area contributed by atoms with Gasteiger partial charge in [0.2, 0.25) is 5.95 Å². The first kappa shape index (κ1) is 18.4. The topological polar surface area (TPSA) is 98.7 Å². The fourth-order valence-corrected chi connectivity index (χ4v) is 3.37. The maximum atomic E-state index is 4.64. The zero-order valence-corrected chi connectivity index (χ0v) is 17.0. The highest BCUT2D eigenvalue weighted by molar-refractivity contribution is 7.98. The van der Waals surface area contributed by atoms with E-state index in [0.29, 0.717) is 23.6 Å². The van der Waals surface area contributed by atoms with Gasteiger partial charge in [0.1, 0.15) is 0 Å². The van der Waals surface area contributed by atoms with Gasteiger partial charge >= 0.3 is 0 Å². The van der Waals surface area contributed by atoms with E-state index in [4.69, 9.17) is 0 Å². The van der Waals surface area contributed by atoms with Crippen LogP contribution in [0.3, 0.4) is 0 Å². The lowest BCUT2D eigenvalue weighted by Gasteiger charge is -2.12. The third-order valence-corrected chi connectivity index (χ3v) is 5.04. The molecule has 1 aromatic carbocycles. The van der Waals surface area contributed by atoms with Crippen molar-refractivity contribution in [2.24, 2.45) is 7.05 Å². The Bertz CT molecular complexity index is 1120. The van der Waals surface area contributed by atoms with Crippen LogP contribution in [0.4, 0.5) is 5.95 Å². The Labute approximate surface area is 166 Å². The minimum Gasteiger partial charge on any atom is -0.350 e. The molecular weight excluding hydrogens is 374 g/mol. The minimum absolute atomic E-state index is 0.332. The van der Waals surface area contributed by atoms with Crippen LogP contribution >= 0.6 is 11.8 Å². The number of tetrazole rings is 1. The highest BCUT2D eigenvalue weighted by Crippen LogP contribution is 2.25. The van der Waals surface area contributed by atoms with Crippen molar-refractivity contribution in [3.63, 3.8) is 0 Å². The van der Waals surface area contributed by atoms with Crippen molar-refractivity contribution >= 4 is 23.4 Å². The van der Waals surface area contributed by atoms with Gasteiger partial charge in [-0.15, -0.1) is 5.10 Å². The number of rotatable bonds is 6. The molecule has 4 rings (SSSR count). The van der Waals surface area contributed by atoms with Crippen LogP contribution in [-0.2, 0) is 13.6 Å². The molecule has 0 spiro atoms. The zero-order chi connectivity index (χ0) is 19.7. The molecule has 3 aromatic heterocycles. The molecule has 144 valence electrons. The molecule has 0 unspecified atom stereocenters. The lowest BCUT2D eigenvalue weighted by molar-refractivity contribution is 0.714. The minimum atomic E-state index is 0.332. The summed E-state index contributed by atoms with van der Waals surface area (Å²) in [6.45, 7) is 4.83. The number of hydrogen-bond donors (Lipinski definition) is 1. The number of anilines is 1. The summed E-state index contributed by atoms with van der Waals surface area (Å²) in [5, 5.41) is 20.4. The maximum absolute atomic E-state index is 4.64. The SMILES string of the molecule is CSc1nc(NCc2ccccc2-c2nnnn2C)n2ncc(C(C)C)c2n1. The quantitative estimate of drug-likeness (QED) is 0.498. The fourth-order valence-electron chi connectivity index (χ4n) is 3.01. The Kier molecular flexibility index (Phi) is 4.95. The number of nitrogens with one attached hydrogen (secondary N) is 1. The second-order valence-electron chi connectivity index (χ2n) is 6.66. The fraction of sp³-hybridized carbons (Fsp3) is 0.333. The second kappa shape index (κ2) is 7.55. The Morgan fingerprint density at radius 3 is 2.71 bits per heavy atom. The second-order valence-corrected chi connectivity index (χ2v) is 7.43. The average molecular weight is 395 g/mol. The summed E-state index contributed by atoms with van der Waals surface area (Å²) in [7, 11) is 1.83. The number of benzene rings is 1. The maximum Gasteiger partial charge on any atom is 0.228 e. The molecule has 0 aliphatic rings. The van der Waals surface area contributed by atoms with Crippen LogP contribution in [0.1, 0.15) is 30.9 Å². The van der Waals surface area contributed by atoms with E-state index in [1.165, 1.54) is 11.8 Å². The normalized spacial score (nSPS) is 11.5. The molecule has 1 N–H and O–H groups in total. The van der Waals surface area contributed by atoms with E-state index >= 15 is 0 Å². The van der Waals surface area contributed by atoms with Crippen LogP contribution in [0.2, 0.25) is 0 Å². The third-order valence-electron chi connectivity index (χ3n) is 4.49. The van der Waals surface area contributed by atoms with Crippen molar-refractivity contribution in [3.8, 4) is 11.4 Å². The van der Waals surface area contributed by atoms with Crippen LogP contribution in [0.25, 0.3) is 17.0 Å². The third kappa shape index (κ3) is 3.31. The van der Waals surface area contributed by atoms with E-state index in [1.807, 2.05) is 43.8 Å². The van der Waals surface area contributed by atoms with Gasteiger partial charge in [0.25, 0.3) is 0 Å². The predicted octanol–water partition coefficient (Wildman–Crippen LogP) is 2.77. The summed E-state index contributed by atoms with van der Waals surface area (Å²) >= 11 is 1.51. The lowest BCUT2D eigenvalue weighted by atomic mass is 10.1. The smallest absolute Gasteiger partial charge is 0.228 e.